The summed E-state index contributed by atoms with van der Waals surface area (Å²) in [5, 5.41) is 1.06. The number of carbonyl (C=O) groups excluding carboxylic acids is 1. The van der Waals surface area contributed by atoms with Gasteiger partial charge in [-0.3, -0.25) is 9.69 Å². The molecule has 2 aromatic carbocycles. The largest absolute Gasteiger partial charge is 0.490 e. The minimum absolute atomic E-state index is 0.0782. The third-order valence-corrected chi connectivity index (χ3v) is 6.81. The quantitative estimate of drug-likeness (QED) is 0.688. The Labute approximate surface area is 187 Å². The number of rotatable bonds is 4. The second-order valence-corrected chi connectivity index (χ2v) is 8.89. The van der Waals surface area contributed by atoms with E-state index in [1.54, 1.807) is 24.3 Å². The minimum Gasteiger partial charge on any atom is -0.490 e. The Morgan fingerprint density at radius 2 is 1.67 bits per heavy atom. The molecule has 0 atom stereocenters. The maximum Gasteiger partial charge on any atom is 0.253 e. The van der Waals surface area contributed by atoms with Gasteiger partial charge < -0.3 is 15.4 Å². The molecule has 0 unspecified atom stereocenters. The first-order valence-corrected chi connectivity index (χ1v) is 11.3. The molecule has 0 radical (unpaired) electrons. The summed E-state index contributed by atoms with van der Waals surface area (Å²) in [6.07, 6.45) is 4.19. The molecule has 2 aromatic rings. The lowest BCUT2D eigenvalue weighted by molar-refractivity contribution is 0.0425. The third kappa shape index (κ3) is 5.02. The molecule has 0 saturated carbocycles. The summed E-state index contributed by atoms with van der Waals surface area (Å²) in [7, 11) is 0. The first-order valence-electron chi connectivity index (χ1n) is 10.5. The lowest BCUT2D eigenvalue weighted by Gasteiger charge is -2.41. The molecule has 30 heavy (non-hydrogen) atoms. The van der Waals surface area contributed by atoms with E-state index in [1.165, 1.54) is 0 Å². The van der Waals surface area contributed by atoms with Crippen molar-refractivity contribution in [2.75, 3.05) is 31.9 Å². The number of benzene rings is 2. The van der Waals surface area contributed by atoms with Crippen molar-refractivity contribution in [1.29, 1.82) is 0 Å². The smallest absolute Gasteiger partial charge is 0.253 e. The van der Waals surface area contributed by atoms with E-state index in [4.69, 9.17) is 33.7 Å². The number of likely N-dealkylation sites (tertiary alicyclic amines) is 2. The highest BCUT2D eigenvalue weighted by atomic mass is 35.5. The highest BCUT2D eigenvalue weighted by Crippen LogP contribution is 2.29. The van der Waals surface area contributed by atoms with Gasteiger partial charge in [0.2, 0.25) is 0 Å². The SMILES string of the molecule is Nc1cccc(C(=O)N2CCC(N3CCC(Oc4ccc(Cl)c(Cl)c4)CC3)CC2)c1. The van der Waals surface area contributed by atoms with Gasteiger partial charge in [-0.15, -0.1) is 0 Å². The van der Waals surface area contributed by atoms with Crippen LogP contribution in [0, 0.1) is 0 Å². The minimum atomic E-state index is 0.0782. The molecule has 2 N–H and O–H groups in total. The Morgan fingerprint density at radius 3 is 2.33 bits per heavy atom. The third-order valence-electron chi connectivity index (χ3n) is 6.07. The Hall–Kier alpha value is -1.95. The van der Waals surface area contributed by atoms with Crippen LogP contribution >= 0.6 is 23.2 Å². The lowest BCUT2D eigenvalue weighted by Crippen LogP contribution is -2.50. The summed E-state index contributed by atoms with van der Waals surface area (Å²) in [6.45, 7) is 3.61. The number of nitrogen functional groups attached to an aromatic ring is 1. The predicted octanol–water partition coefficient (Wildman–Crippen LogP) is 4.72. The first kappa shape index (κ1) is 21.3. The molecule has 2 saturated heterocycles. The number of amides is 1. The maximum absolute atomic E-state index is 12.7. The summed E-state index contributed by atoms with van der Waals surface area (Å²) >= 11 is 12.1. The number of nitrogens with two attached hydrogens (primary N) is 1. The molecule has 2 fully saturated rings. The van der Waals surface area contributed by atoms with Crippen molar-refractivity contribution >= 4 is 34.8 Å². The van der Waals surface area contributed by atoms with Crippen molar-refractivity contribution in [3.63, 3.8) is 0 Å². The maximum atomic E-state index is 12.7. The number of hydrogen-bond donors (Lipinski definition) is 1. The summed E-state index contributed by atoms with van der Waals surface area (Å²) in [6, 6.07) is 13.2. The second-order valence-electron chi connectivity index (χ2n) is 8.08. The zero-order valence-corrected chi connectivity index (χ0v) is 18.4. The molecule has 0 aromatic heterocycles. The van der Waals surface area contributed by atoms with Crippen LogP contribution in [0.2, 0.25) is 10.0 Å². The number of halogens is 2. The normalized spacial score (nSPS) is 19.1. The molecule has 7 heteroatoms. The standard InChI is InChI=1S/C23H27Cl2N3O2/c24-21-5-4-20(15-22(21)25)30-19-8-12-27(13-9-19)18-6-10-28(11-7-18)23(29)16-2-1-3-17(26)14-16/h1-5,14-15,18-19H,6-13,26H2. The Morgan fingerprint density at radius 1 is 0.933 bits per heavy atom. The van der Waals surface area contributed by atoms with Crippen molar-refractivity contribution < 1.29 is 9.53 Å². The summed E-state index contributed by atoms with van der Waals surface area (Å²) in [5.41, 5.74) is 7.12. The second kappa shape index (κ2) is 9.46. The molecular weight excluding hydrogens is 421 g/mol. The highest BCUT2D eigenvalue weighted by molar-refractivity contribution is 6.42. The number of piperidine rings is 2. The van der Waals surface area contributed by atoms with Crippen molar-refractivity contribution in [1.82, 2.24) is 9.80 Å². The number of anilines is 1. The zero-order valence-electron chi connectivity index (χ0n) is 16.9. The monoisotopic (exact) mass is 447 g/mol. The van der Waals surface area contributed by atoms with E-state index in [1.807, 2.05) is 23.1 Å². The van der Waals surface area contributed by atoms with Gasteiger partial charge in [-0.05, 0) is 56.0 Å². The fourth-order valence-corrected chi connectivity index (χ4v) is 4.68. The van der Waals surface area contributed by atoms with Crippen LogP contribution in [0.1, 0.15) is 36.0 Å². The molecule has 2 aliphatic rings. The topological polar surface area (TPSA) is 58.8 Å². The Balaban J connectivity index is 1.24. The molecule has 160 valence electrons. The van der Waals surface area contributed by atoms with Gasteiger partial charge in [-0.25, -0.2) is 0 Å². The van der Waals surface area contributed by atoms with E-state index < -0.39 is 0 Å². The first-order chi connectivity index (χ1) is 14.5. The van der Waals surface area contributed by atoms with Crippen LogP contribution < -0.4 is 10.5 Å². The molecule has 2 heterocycles. The molecular formula is C23H27Cl2N3O2. The van der Waals surface area contributed by atoms with Crippen molar-refractivity contribution in [3.05, 3.63) is 58.1 Å². The van der Waals surface area contributed by atoms with Crippen LogP contribution in [0.15, 0.2) is 42.5 Å². The summed E-state index contributed by atoms with van der Waals surface area (Å²) < 4.78 is 6.10. The number of ether oxygens (including phenoxy) is 1. The van der Waals surface area contributed by atoms with E-state index in [9.17, 15) is 4.79 Å². The summed E-state index contributed by atoms with van der Waals surface area (Å²) in [4.78, 5) is 17.2. The van der Waals surface area contributed by atoms with Crippen molar-refractivity contribution in [3.8, 4) is 5.75 Å². The fraction of sp³-hybridized carbons (Fsp3) is 0.435. The zero-order chi connectivity index (χ0) is 21.1. The Kier molecular flexibility index (Phi) is 6.71. The van der Waals surface area contributed by atoms with Gasteiger partial charge >= 0.3 is 0 Å². The number of nitrogens with zero attached hydrogens (tertiary/aromatic N) is 2. The molecule has 0 spiro atoms. The van der Waals surface area contributed by atoms with Crippen molar-refractivity contribution in [2.45, 2.75) is 37.8 Å². The number of hydrogen-bond acceptors (Lipinski definition) is 4. The average Bonchev–Trinajstić information content (AvgIpc) is 2.76. The molecule has 0 bridgehead atoms. The Bertz CT molecular complexity index is 892. The fourth-order valence-electron chi connectivity index (χ4n) is 4.39. The van der Waals surface area contributed by atoms with E-state index in [-0.39, 0.29) is 12.0 Å². The van der Waals surface area contributed by atoms with Gasteiger partial charge in [-0.2, -0.15) is 0 Å². The van der Waals surface area contributed by atoms with Crippen LogP contribution in [0.25, 0.3) is 0 Å². The van der Waals surface area contributed by atoms with E-state index in [0.29, 0.717) is 27.3 Å². The average molecular weight is 448 g/mol. The molecule has 5 nitrogen and oxygen atoms in total. The van der Waals surface area contributed by atoms with Crippen LogP contribution in [-0.4, -0.2) is 54.0 Å². The van der Waals surface area contributed by atoms with Crippen LogP contribution in [0.4, 0.5) is 5.69 Å². The molecule has 4 rings (SSSR count). The molecule has 1 amide bonds. The molecule has 0 aliphatic carbocycles. The molecule has 2 aliphatic heterocycles. The van der Waals surface area contributed by atoms with Crippen molar-refractivity contribution in [2.24, 2.45) is 0 Å². The van der Waals surface area contributed by atoms with Crippen LogP contribution in [0.5, 0.6) is 5.75 Å². The van der Waals surface area contributed by atoms with Gasteiger partial charge in [0.15, 0.2) is 0 Å². The van der Waals surface area contributed by atoms with Gasteiger partial charge in [0.05, 0.1) is 10.0 Å². The lowest BCUT2D eigenvalue weighted by atomic mass is 9.98. The van der Waals surface area contributed by atoms with E-state index in [0.717, 1.165) is 57.6 Å². The number of carbonyl (C=O) groups is 1. The predicted molar refractivity (Wildman–Crippen MR) is 121 cm³/mol. The van der Waals surface area contributed by atoms with Crippen LogP contribution in [-0.2, 0) is 0 Å². The van der Waals surface area contributed by atoms with Gasteiger partial charge in [0.25, 0.3) is 5.91 Å². The van der Waals surface area contributed by atoms with Crippen LogP contribution in [0.3, 0.4) is 0 Å². The van der Waals surface area contributed by atoms with Gasteiger partial charge in [0.1, 0.15) is 11.9 Å². The summed E-state index contributed by atoms with van der Waals surface area (Å²) in [5.74, 6) is 0.853. The van der Waals surface area contributed by atoms with E-state index >= 15 is 0 Å². The highest BCUT2D eigenvalue weighted by Gasteiger charge is 2.30. The van der Waals surface area contributed by atoms with E-state index in [2.05, 4.69) is 4.90 Å². The van der Waals surface area contributed by atoms with Gasteiger partial charge in [-0.1, -0.05) is 29.3 Å². The van der Waals surface area contributed by atoms with Gasteiger partial charge in [0, 0.05) is 49.5 Å².